The topological polar surface area (TPSA) is 72.2 Å². The Labute approximate surface area is 128 Å². The highest BCUT2D eigenvalue weighted by Crippen LogP contribution is 2.13. The van der Waals surface area contributed by atoms with Crippen LogP contribution in [0.2, 0.25) is 0 Å². The maximum atomic E-state index is 12.1. The fourth-order valence-corrected chi connectivity index (χ4v) is 2.18. The summed E-state index contributed by atoms with van der Waals surface area (Å²) >= 11 is 4.33. The Morgan fingerprint density at radius 1 is 1.10 bits per heavy atom. The highest BCUT2D eigenvalue weighted by molar-refractivity contribution is 7.81. The minimum Gasteiger partial charge on any atom is -0.366 e. The largest absolute Gasteiger partial charge is 0.366 e. The number of thiol groups is 1. The van der Waals surface area contributed by atoms with Crippen molar-refractivity contribution in [3.63, 3.8) is 0 Å². The molecule has 0 aliphatic heterocycles. The molecule has 108 valence electrons. The van der Waals surface area contributed by atoms with Gasteiger partial charge in [-0.05, 0) is 30.2 Å². The first-order valence-electron chi connectivity index (χ1n) is 6.49. The van der Waals surface area contributed by atoms with Crippen molar-refractivity contribution in [2.24, 2.45) is 5.73 Å². The van der Waals surface area contributed by atoms with Gasteiger partial charge in [0, 0.05) is 11.3 Å². The van der Waals surface area contributed by atoms with Gasteiger partial charge in [0.1, 0.15) is 0 Å². The number of primary amides is 1. The zero-order valence-corrected chi connectivity index (χ0v) is 12.2. The Morgan fingerprint density at radius 3 is 2.48 bits per heavy atom. The van der Waals surface area contributed by atoms with E-state index in [1.165, 1.54) is 0 Å². The van der Waals surface area contributed by atoms with Crippen molar-refractivity contribution in [3.05, 3.63) is 65.7 Å². The van der Waals surface area contributed by atoms with Crippen LogP contribution in [0.1, 0.15) is 15.9 Å². The van der Waals surface area contributed by atoms with E-state index < -0.39 is 11.2 Å². The van der Waals surface area contributed by atoms with Crippen molar-refractivity contribution in [3.8, 4) is 0 Å². The van der Waals surface area contributed by atoms with Crippen LogP contribution in [0.4, 0.5) is 5.69 Å². The molecule has 4 nitrogen and oxygen atoms in total. The van der Waals surface area contributed by atoms with Gasteiger partial charge in [0.15, 0.2) is 0 Å². The molecule has 2 aromatic carbocycles. The van der Waals surface area contributed by atoms with E-state index in [1.54, 1.807) is 24.3 Å². The second kappa shape index (κ2) is 6.95. The second-order valence-corrected chi connectivity index (χ2v) is 5.26. The first kappa shape index (κ1) is 15.1. The zero-order valence-electron chi connectivity index (χ0n) is 11.3. The Bertz CT molecular complexity index is 644. The van der Waals surface area contributed by atoms with E-state index in [4.69, 9.17) is 5.73 Å². The first-order chi connectivity index (χ1) is 10.1. The van der Waals surface area contributed by atoms with E-state index in [2.05, 4.69) is 17.9 Å². The van der Waals surface area contributed by atoms with Gasteiger partial charge >= 0.3 is 0 Å². The van der Waals surface area contributed by atoms with Gasteiger partial charge in [0.05, 0.1) is 5.25 Å². The summed E-state index contributed by atoms with van der Waals surface area (Å²) in [6.07, 6.45) is 0.533. The molecule has 1 unspecified atom stereocenters. The van der Waals surface area contributed by atoms with Crippen molar-refractivity contribution in [2.75, 3.05) is 5.32 Å². The molecule has 0 aromatic heterocycles. The lowest BCUT2D eigenvalue weighted by molar-refractivity contribution is -0.115. The predicted molar refractivity (Wildman–Crippen MR) is 86.5 cm³/mol. The van der Waals surface area contributed by atoms with Crippen molar-refractivity contribution < 1.29 is 9.59 Å². The maximum Gasteiger partial charge on any atom is 0.248 e. The summed E-state index contributed by atoms with van der Waals surface area (Å²) in [6.45, 7) is 0. The summed E-state index contributed by atoms with van der Waals surface area (Å²) in [5.74, 6) is -0.749. The van der Waals surface area contributed by atoms with Gasteiger partial charge in [-0.15, -0.1) is 0 Å². The quantitative estimate of drug-likeness (QED) is 0.741. The molecule has 0 spiro atoms. The highest BCUT2D eigenvalue weighted by atomic mass is 32.1. The Hall–Kier alpha value is -2.27. The average molecular weight is 300 g/mol. The molecule has 2 rings (SSSR count). The lowest BCUT2D eigenvalue weighted by Gasteiger charge is -2.12. The molecular formula is C16H16N2O2S. The Morgan fingerprint density at radius 2 is 1.81 bits per heavy atom. The number of anilines is 1. The van der Waals surface area contributed by atoms with Crippen LogP contribution in [0.5, 0.6) is 0 Å². The molecule has 0 aliphatic rings. The SMILES string of the molecule is NC(=O)c1cccc(NC(=O)C(S)Cc2ccccc2)c1. The van der Waals surface area contributed by atoms with Gasteiger partial charge < -0.3 is 11.1 Å². The molecule has 1 atom stereocenters. The smallest absolute Gasteiger partial charge is 0.248 e. The fourth-order valence-electron chi connectivity index (χ4n) is 1.91. The number of hydrogen-bond acceptors (Lipinski definition) is 3. The summed E-state index contributed by atoms with van der Waals surface area (Å²) in [5.41, 5.74) is 7.13. The predicted octanol–water partition coefficient (Wildman–Crippen LogP) is 2.27. The standard InChI is InChI=1S/C16H16N2O2S/c17-15(19)12-7-4-8-13(10-12)18-16(20)14(21)9-11-5-2-1-3-6-11/h1-8,10,14,21H,9H2,(H2,17,19)(H,18,20). The van der Waals surface area contributed by atoms with Gasteiger partial charge in [0.25, 0.3) is 0 Å². The molecular weight excluding hydrogens is 284 g/mol. The van der Waals surface area contributed by atoms with Gasteiger partial charge in [-0.25, -0.2) is 0 Å². The minimum absolute atomic E-state index is 0.219. The molecule has 5 heteroatoms. The highest BCUT2D eigenvalue weighted by Gasteiger charge is 2.15. The van der Waals surface area contributed by atoms with Crippen LogP contribution in [0.25, 0.3) is 0 Å². The van der Waals surface area contributed by atoms with E-state index in [1.807, 2.05) is 30.3 Å². The molecule has 0 aliphatic carbocycles. The van der Waals surface area contributed by atoms with Crippen LogP contribution in [0, 0.1) is 0 Å². The van der Waals surface area contributed by atoms with Gasteiger partial charge in [-0.2, -0.15) is 12.6 Å². The van der Waals surface area contributed by atoms with Crippen molar-refractivity contribution in [2.45, 2.75) is 11.7 Å². The molecule has 21 heavy (non-hydrogen) atoms. The molecule has 2 amide bonds. The second-order valence-electron chi connectivity index (χ2n) is 4.64. The van der Waals surface area contributed by atoms with Gasteiger partial charge in [-0.1, -0.05) is 36.4 Å². The van der Waals surface area contributed by atoms with Gasteiger partial charge in [0.2, 0.25) is 11.8 Å². The van der Waals surface area contributed by atoms with Crippen molar-refractivity contribution in [1.82, 2.24) is 0 Å². The summed E-state index contributed by atoms with van der Waals surface area (Å²) in [5, 5.41) is 2.27. The lowest BCUT2D eigenvalue weighted by Crippen LogP contribution is -2.25. The van der Waals surface area contributed by atoms with Crippen LogP contribution in [0.3, 0.4) is 0 Å². The number of nitrogens with one attached hydrogen (secondary N) is 1. The molecule has 0 bridgehead atoms. The fraction of sp³-hybridized carbons (Fsp3) is 0.125. The number of nitrogens with two attached hydrogens (primary N) is 1. The molecule has 2 aromatic rings. The molecule has 0 radical (unpaired) electrons. The van der Waals surface area contributed by atoms with E-state index in [9.17, 15) is 9.59 Å². The lowest BCUT2D eigenvalue weighted by atomic mass is 10.1. The number of benzene rings is 2. The van der Waals surface area contributed by atoms with Crippen molar-refractivity contribution >= 4 is 30.1 Å². The first-order valence-corrected chi connectivity index (χ1v) is 7.00. The number of amides is 2. The third kappa shape index (κ3) is 4.36. The molecule has 0 saturated carbocycles. The average Bonchev–Trinajstić information content (AvgIpc) is 2.48. The Balaban J connectivity index is 2.00. The van der Waals surface area contributed by atoms with Crippen LogP contribution in [0.15, 0.2) is 54.6 Å². The monoisotopic (exact) mass is 300 g/mol. The van der Waals surface area contributed by atoms with Crippen LogP contribution >= 0.6 is 12.6 Å². The molecule has 0 saturated heterocycles. The Kier molecular flexibility index (Phi) is 5.00. The van der Waals surface area contributed by atoms with E-state index >= 15 is 0 Å². The molecule has 0 heterocycles. The minimum atomic E-state index is -0.530. The van der Waals surface area contributed by atoms with E-state index in [-0.39, 0.29) is 5.91 Å². The molecule has 3 N–H and O–H groups in total. The number of rotatable bonds is 5. The number of hydrogen-bond donors (Lipinski definition) is 3. The third-order valence-corrected chi connectivity index (χ3v) is 3.41. The van der Waals surface area contributed by atoms with E-state index in [0.29, 0.717) is 17.7 Å². The molecule has 0 fully saturated rings. The summed E-state index contributed by atoms with van der Waals surface area (Å²) in [6, 6.07) is 16.2. The number of carbonyl (C=O) groups excluding carboxylic acids is 2. The maximum absolute atomic E-state index is 12.1. The van der Waals surface area contributed by atoms with Crippen LogP contribution in [-0.2, 0) is 11.2 Å². The van der Waals surface area contributed by atoms with Crippen LogP contribution < -0.4 is 11.1 Å². The van der Waals surface area contributed by atoms with Crippen molar-refractivity contribution in [1.29, 1.82) is 0 Å². The van der Waals surface area contributed by atoms with Gasteiger partial charge in [-0.3, -0.25) is 9.59 Å². The summed E-state index contributed by atoms with van der Waals surface area (Å²) in [7, 11) is 0. The summed E-state index contributed by atoms with van der Waals surface area (Å²) < 4.78 is 0. The number of carbonyl (C=O) groups is 2. The van der Waals surface area contributed by atoms with E-state index in [0.717, 1.165) is 5.56 Å². The zero-order chi connectivity index (χ0) is 15.2. The summed E-state index contributed by atoms with van der Waals surface area (Å²) in [4.78, 5) is 23.2. The van der Waals surface area contributed by atoms with Crippen LogP contribution in [-0.4, -0.2) is 17.1 Å². The normalized spacial score (nSPS) is 11.7. The third-order valence-electron chi connectivity index (χ3n) is 2.99.